The molecule has 5 heteroatoms. The molecule has 0 fully saturated rings. The number of benzene rings is 2. The van der Waals surface area contributed by atoms with E-state index < -0.39 is 5.38 Å². The highest BCUT2D eigenvalue weighted by Gasteiger charge is 2.20. The molecule has 0 radical (unpaired) electrons. The Kier molecular flexibility index (Phi) is 3.91. The van der Waals surface area contributed by atoms with Crippen LogP contribution < -0.4 is 0 Å². The standard InChI is InChI=1S/C15H8Cl3FS/c16-13-7-11(15(18)20-13)14(17)10-5-6-12(19)9-4-2-1-3-8(9)10/h1-7,14H. The van der Waals surface area contributed by atoms with Crippen LogP contribution in [0.15, 0.2) is 42.5 Å². The number of hydrogen-bond donors (Lipinski definition) is 0. The van der Waals surface area contributed by atoms with E-state index in [0.717, 1.165) is 16.5 Å². The average molecular weight is 346 g/mol. The second-order valence-electron chi connectivity index (χ2n) is 4.32. The summed E-state index contributed by atoms with van der Waals surface area (Å²) in [5, 5.41) is 0.871. The second-order valence-corrected chi connectivity index (χ2v) is 7.05. The van der Waals surface area contributed by atoms with Gasteiger partial charge in [0.25, 0.3) is 0 Å². The average Bonchev–Trinajstić information content (AvgIpc) is 2.78. The lowest BCUT2D eigenvalue weighted by molar-refractivity contribution is 0.639. The highest BCUT2D eigenvalue weighted by molar-refractivity contribution is 7.20. The normalized spacial score (nSPS) is 12.8. The van der Waals surface area contributed by atoms with Gasteiger partial charge in [0, 0.05) is 10.9 Å². The van der Waals surface area contributed by atoms with Crippen molar-refractivity contribution in [3.8, 4) is 0 Å². The maximum absolute atomic E-state index is 13.8. The summed E-state index contributed by atoms with van der Waals surface area (Å²) in [6, 6.07) is 12.1. The Hall–Kier alpha value is -0.800. The van der Waals surface area contributed by atoms with Crippen molar-refractivity contribution >= 4 is 56.9 Å². The van der Waals surface area contributed by atoms with Crippen molar-refractivity contribution in [1.29, 1.82) is 0 Å². The zero-order chi connectivity index (χ0) is 14.3. The summed E-state index contributed by atoms with van der Waals surface area (Å²) in [6.45, 7) is 0. The van der Waals surface area contributed by atoms with Crippen LogP contribution in [0.5, 0.6) is 0 Å². The SMILES string of the molecule is Fc1ccc(C(Cl)c2cc(Cl)sc2Cl)c2ccccc12. The Morgan fingerprint density at radius 3 is 2.30 bits per heavy atom. The Morgan fingerprint density at radius 1 is 0.950 bits per heavy atom. The van der Waals surface area contributed by atoms with Crippen molar-refractivity contribution < 1.29 is 4.39 Å². The second kappa shape index (κ2) is 5.53. The minimum atomic E-state index is -0.461. The molecule has 0 spiro atoms. The van der Waals surface area contributed by atoms with Gasteiger partial charge in [-0.25, -0.2) is 4.39 Å². The molecule has 0 saturated heterocycles. The molecule has 3 rings (SSSR count). The highest BCUT2D eigenvalue weighted by atomic mass is 35.5. The van der Waals surface area contributed by atoms with Gasteiger partial charge in [0.1, 0.15) is 5.82 Å². The van der Waals surface area contributed by atoms with Crippen LogP contribution >= 0.6 is 46.1 Å². The van der Waals surface area contributed by atoms with E-state index in [1.807, 2.05) is 12.1 Å². The minimum absolute atomic E-state index is 0.261. The summed E-state index contributed by atoms with van der Waals surface area (Å²) >= 11 is 19.9. The predicted octanol–water partition coefficient (Wildman–Crippen LogP) is 6.68. The van der Waals surface area contributed by atoms with Crippen LogP contribution in [0.25, 0.3) is 10.8 Å². The lowest BCUT2D eigenvalue weighted by atomic mass is 9.99. The zero-order valence-corrected chi connectivity index (χ0v) is 13.1. The number of thiophene rings is 1. The fourth-order valence-electron chi connectivity index (χ4n) is 2.20. The van der Waals surface area contributed by atoms with Gasteiger partial charge >= 0.3 is 0 Å². The molecule has 0 saturated carbocycles. The molecule has 20 heavy (non-hydrogen) atoms. The van der Waals surface area contributed by atoms with Crippen LogP contribution in [-0.4, -0.2) is 0 Å². The fraction of sp³-hybridized carbons (Fsp3) is 0.0667. The largest absolute Gasteiger partial charge is 0.206 e. The molecule has 1 heterocycles. The topological polar surface area (TPSA) is 0 Å². The van der Waals surface area contributed by atoms with Crippen molar-refractivity contribution in [3.05, 3.63) is 68.1 Å². The smallest absolute Gasteiger partial charge is 0.131 e. The van der Waals surface area contributed by atoms with Crippen molar-refractivity contribution in [2.75, 3.05) is 0 Å². The van der Waals surface area contributed by atoms with E-state index >= 15 is 0 Å². The van der Waals surface area contributed by atoms with Gasteiger partial charge in [-0.15, -0.1) is 22.9 Å². The maximum Gasteiger partial charge on any atom is 0.131 e. The van der Waals surface area contributed by atoms with E-state index in [-0.39, 0.29) is 5.82 Å². The van der Waals surface area contributed by atoms with Gasteiger partial charge in [-0.05, 0) is 23.1 Å². The number of rotatable bonds is 2. The van der Waals surface area contributed by atoms with Gasteiger partial charge in [-0.2, -0.15) is 0 Å². The van der Waals surface area contributed by atoms with Gasteiger partial charge < -0.3 is 0 Å². The van der Waals surface area contributed by atoms with E-state index in [9.17, 15) is 4.39 Å². The molecule has 3 aromatic rings. The van der Waals surface area contributed by atoms with E-state index in [1.165, 1.54) is 17.4 Å². The zero-order valence-electron chi connectivity index (χ0n) is 10.0. The van der Waals surface area contributed by atoms with Crippen LogP contribution in [0.2, 0.25) is 8.67 Å². The molecule has 0 aliphatic rings. The van der Waals surface area contributed by atoms with Gasteiger partial charge in [-0.1, -0.05) is 53.5 Å². The highest BCUT2D eigenvalue weighted by Crippen LogP contribution is 2.42. The Balaban J connectivity index is 2.20. The van der Waals surface area contributed by atoms with Crippen LogP contribution in [0, 0.1) is 5.82 Å². The number of alkyl halides is 1. The Bertz CT molecular complexity index is 782. The maximum atomic E-state index is 13.8. The molecular formula is C15H8Cl3FS. The predicted molar refractivity (Wildman–Crippen MR) is 85.9 cm³/mol. The van der Waals surface area contributed by atoms with Crippen LogP contribution in [0.1, 0.15) is 16.5 Å². The first-order chi connectivity index (χ1) is 9.58. The summed E-state index contributed by atoms with van der Waals surface area (Å²) in [5.74, 6) is -0.261. The first-order valence-electron chi connectivity index (χ1n) is 5.84. The number of halogens is 4. The third kappa shape index (κ3) is 2.42. The molecule has 0 aliphatic heterocycles. The molecule has 0 amide bonds. The molecule has 102 valence electrons. The summed E-state index contributed by atoms with van der Waals surface area (Å²) in [6.07, 6.45) is 0. The summed E-state index contributed by atoms with van der Waals surface area (Å²) in [4.78, 5) is 0. The number of hydrogen-bond acceptors (Lipinski definition) is 1. The lowest BCUT2D eigenvalue weighted by Crippen LogP contribution is -1.95. The molecule has 0 nitrogen and oxygen atoms in total. The molecule has 1 atom stereocenters. The molecule has 0 aliphatic carbocycles. The molecule has 1 aromatic heterocycles. The third-order valence-electron chi connectivity index (χ3n) is 3.13. The fourth-order valence-corrected chi connectivity index (χ4v) is 4.22. The van der Waals surface area contributed by atoms with E-state index in [4.69, 9.17) is 34.8 Å². The molecule has 2 aromatic carbocycles. The van der Waals surface area contributed by atoms with Gasteiger partial charge in [0.2, 0.25) is 0 Å². The van der Waals surface area contributed by atoms with E-state index in [2.05, 4.69) is 0 Å². The summed E-state index contributed by atoms with van der Waals surface area (Å²) in [7, 11) is 0. The van der Waals surface area contributed by atoms with Crippen LogP contribution in [0.4, 0.5) is 4.39 Å². The van der Waals surface area contributed by atoms with Gasteiger partial charge in [-0.3, -0.25) is 0 Å². The van der Waals surface area contributed by atoms with Crippen molar-refractivity contribution in [2.24, 2.45) is 0 Å². The lowest BCUT2D eigenvalue weighted by Gasteiger charge is -2.13. The van der Waals surface area contributed by atoms with Crippen molar-refractivity contribution in [3.63, 3.8) is 0 Å². The third-order valence-corrected chi connectivity index (χ3v) is 5.12. The summed E-state index contributed by atoms with van der Waals surface area (Å²) in [5.41, 5.74) is 1.57. The first-order valence-corrected chi connectivity index (χ1v) is 7.85. The van der Waals surface area contributed by atoms with Gasteiger partial charge in [0.15, 0.2) is 0 Å². The van der Waals surface area contributed by atoms with Crippen molar-refractivity contribution in [1.82, 2.24) is 0 Å². The van der Waals surface area contributed by atoms with E-state index in [1.54, 1.807) is 24.3 Å². The van der Waals surface area contributed by atoms with Gasteiger partial charge in [0.05, 0.1) is 14.0 Å². The molecule has 0 N–H and O–H groups in total. The number of fused-ring (bicyclic) bond motifs is 1. The molecule has 0 bridgehead atoms. The van der Waals surface area contributed by atoms with Crippen LogP contribution in [-0.2, 0) is 0 Å². The molecular weight excluding hydrogens is 338 g/mol. The molecule has 1 unspecified atom stereocenters. The van der Waals surface area contributed by atoms with Crippen molar-refractivity contribution in [2.45, 2.75) is 5.38 Å². The minimum Gasteiger partial charge on any atom is -0.206 e. The summed E-state index contributed by atoms with van der Waals surface area (Å²) < 4.78 is 15.0. The quantitative estimate of drug-likeness (QED) is 0.455. The Morgan fingerprint density at radius 2 is 1.65 bits per heavy atom. The Labute approximate surface area is 134 Å². The monoisotopic (exact) mass is 344 g/mol. The first kappa shape index (κ1) is 14.2. The van der Waals surface area contributed by atoms with Crippen LogP contribution in [0.3, 0.4) is 0 Å². The van der Waals surface area contributed by atoms with E-state index in [0.29, 0.717) is 14.1 Å².